The van der Waals surface area contributed by atoms with Gasteiger partial charge < -0.3 is 5.32 Å². The topological polar surface area (TPSA) is 29.1 Å². The first kappa shape index (κ1) is 12.9. The van der Waals surface area contributed by atoms with Gasteiger partial charge in [-0.3, -0.25) is 4.79 Å². The van der Waals surface area contributed by atoms with Gasteiger partial charge in [0, 0.05) is 11.6 Å². The lowest BCUT2D eigenvalue weighted by Crippen LogP contribution is -2.35. The first-order chi connectivity index (χ1) is 9.61. The van der Waals surface area contributed by atoms with Crippen LogP contribution in [0.3, 0.4) is 0 Å². The second kappa shape index (κ2) is 5.08. The summed E-state index contributed by atoms with van der Waals surface area (Å²) in [5.74, 6) is -0.468. The van der Waals surface area contributed by atoms with Crippen molar-refractivity contribution in [2.45, 2.75) is 25.8 Å². The number of nitrogens with one attached hydrogen (secondary N) is 1. The minimum atomic E-state index is -0.328. The monoisotopic (exact) mass is 269 g/mol. The lowest BCUT2D eigenvalue weighted by molar-refractivity contribution is 0.0938. The van der Waals surface area contributed by atoms with Gasteiger partial charge in [0.05, 0.1) is 0 Å². The lowest BCUT2D eigenvalue weighted by atomic mass is 10.1. The third kappa shape index (κ3) is 2.57. The highest BCUT2D eigenvalue weighted by Crippen LogP contribution is 2.23. The highest BCUT2D eigenvalue weighted by Gasteiger charge is 2.23. The Morgan fingerprint density at radius 3 is 2.55 bits per heavy atom. The smallest absolute Gasteiger partial charge is 0.251 e. The average Bonchev–Trinajstić information content (AvgIpc) is 2.80. The maximum Gasteiger partial charge on any atom is 0.251 e. The fourth-order valence-corrected chi connectivity index (χ4v) is 2.72. The van der Waals surface area contributed by atoms with E-state index in [9.17, 15) is 9.18 Å². The van der Waals surface area contributed by atoms with Crippen LogP contribution in [0.4, 0.5) is 4.39 Å². The maximum atomic E-state index is 12.8. The summed E-state index contributed by atoms with van der Waals surface area (Å²) in [4.78, 5) is 12.1. The molecule has 1 aliphatic carbocycles. The number of hydrogen-bond acceptors (Lipinski definition) is 1. The minimum Gasteiger partial charge on any atom is -0.349 e. The second-order valence-electron chi connectivity index (χ2n) is 5.36. The molecule has 1 unspecified atom stereocenters. The summed E-state index contributed by atoms with van der Waals surface area (Å²) in [5, 5.41) is 3.02. The largest absolute Gasteiger partial charge is 0.349 e. The van der Waals surface area contributed by atoms with Crippen LogP contribution in [0.5, 0.6) is 0 Å². The molecule has 1 amide bonds. The number of carbonyl (C=O) groups is 1. The van der Waals surface area contributed by atoms with E-state index < -0.39 is 0 Å². The molecule has 0 saturated carbocycles. The fourth-order valence-electron chi connectivity index (χ4n) is 2.72. The van der Waals surface area contributed by atoms with Crippen LogP contribution in [-0.2, 0) is 12.8 Å². The van der Waals surface area contributed by atoms with E-state index in [1.807, 2.05) is 0 Å². The molecular formula is C17H16FNO. The first-order valence-corrected chi connectivity index (χ1v) is 6.76. The standard InChI is InChI=1S/C17H16FNO/c1-11-2-3-13-9-16(10-14(13)8-11)19-17(20)12-4-6-15(18)7-5-12/h2-8,16H,9-10H2,1H3,(H,19,20). The van der Waals surface area contributed by atoms with Crippen LogP contribution in [0.15, 0.2) is 42.5 Å². The van der Waals surface area contributed by atoms with E-state index in [1.165, 1.54) is 41.0 Å². The molecule has 1 aliphatic rings. The number of rotatable bonds is 2. The molecule has 0 aromatic heterocycles. The molecule has 3 rings (SSSR count). The maximum absolute atomic E-state index is 12.8. The number of halogens is 1. The molecule has 20 heavy (non-hydrogen) atoms. The molecule has 0 radical (unpaired) electrons. The SMILES string of the molecule is Cc1ccc2c(c1)CC(NC(=O)c1ccc(F)cc1)C2. The van der Waals surface area contributed by atoms with Crippen LogP contribution in [0.1, 0.15) is 27.0 Å². The van der Waals surface area contributed by atoms with E-state index in [0.29, 0.717) is 5.56 Å². The van der Waals surface area contributed by atoms with Crippen molar-refractivity contribution in [3.05, 3.63) is 70.5 Å². The average molecular weight is 269 g/mol. The molecule has 0 saturated heterocycles. The summed E-state index contributed by atoms with van der Waals surface area (Å²) < 4.78 is 12.8. The number of amides is 1. The van der Waals surface area contributed by atoms with E-state index in [0.717, 1.165) is 12.8 Å². The van der Waals surface area contributed by atoms with Crippen molar-refractivity contribution < 1.29 is 9.18 Å². The molecule has 1 N–H and O–H groups in total. The Kier molecular flexibility index (Phi) is 3.26. The Balaban J connectivity index is 1.68. The third-order valence-corrected chi connectivity index (χ3v) is 3.74. The zero-order chi connectivity index (χ0) is 14.1. The van der Waals surface area contributed by atoms with E-state index in [2.05, 4.69) is 30.4 Å². The number of benzene rings is 2. The number of fused-ring (bicyclic) bond motifs is 1. The van der Waals surface area contributed by atoms with Gasteiger partial charge in [0.15, 0.2) is 0 Å². The zero-order valence-electron chi connectivity index (χ0n) is 11.3. The molecule has 0 spiro atoms. The summed E-state index contributed by atoms with van der Waals surface area (Å²) in [6, 6.07) is 12.2. The molecule has 3 heteroatoms. The predicted molar refractivity (Wildman–Crippen MR) is 76.2 cm³/mol. The van der Waals surface area contributed by atoms with Gasteiger partial charge in [-0.05, 0) is 55.2 Å². The van der Waals surface area contributed by atoms with E-state index >= 15 is 0 Å². The van der Waals surface area contributed by atoms with Crippen LogP contribution in [0.25, 0.3) is 0 Å². The van der Waals surface area contributed by atoms with Crippen molar-refractivity contribution in [3.63, 3.8) is 0 Å². The van der Waals surface area contributed by atoms with Crippen LogP contribution in [0, 0.1) is 12.7 Å². The van der Waals surface area contributed by atoms with Crippen molar-refractivity contribution in [1.29, 1.82) is 0 Å². The van der Waals surface area contributed by atoms with Gasteiger partial charge in [-0.25, -0.2) is 4.39 Å². The normalized spacial score (nSPS) is 16.8. The van der Waals surface area contributed by atoms with E-state index in [4.69, 9.17) is 0 Å². The number of aryl methyl sites for hydroxylation is 1. The molecular weight excluding hydrogens is 253 g/mol. The summed E-state index contributed by atoms with van der Waals surface area (Å²) in [6.07, 6.45) is 1.73. The molecule has 2 aromatic rings. The van der Waals surface area contributed by atoms with Crippen LogP contribution >= 0.6 is 0 Å². The number of hydrogen-bond donors (Lipinski definition) is 1. The second-order valence-corrected chi connectivity index (χ2v) is 5.36. The van der Waals surface area contributed by atoms with Gasteiger partial charge in [-0.2, -0.15) is 0 Å². The highest BCUT2D eigenvalue weighted by molar-refractivity contribution is 5.94. The van der Waals surface area contributed by atoms with Gasteiger partial charge in [-0.1, -0.05) is 23.8 Å². The van der Waals surface area contributed by atoms with Gasteiger partial charge in [0.25, 0.3) is 5.91 Å². The van der Waals surface area contributed by atoms with Gasteiger partial charge in [0.1, 0.15) is 5.82 Å². The molecule has 102 valence electrons. The Morgan fingerprint density at radius 2 is 1.80 bits per heavy atom. The summed E-state index contributed by atoms with van der Waals surface area (Å²) >= 11 is 0. The van der Waals surface area contributed by atoms with Crippen molar-refractivity contribution in [2.24, 2.45) is 0 Å². The first-order valence-electron chi connectivity index (χ1n) is 6.76. The minimum absolute atomic E-state index is 0.129. The van der Waals surface area contributed by atoms with Crippen molar-refractivity contribution in [2.75, 3.05) is 0 Å². The van der Waals surface area contributed by atoms with Gasteiger partial charge in [0.2, 0.25) is 0 Å². The summed E-state index contributed by atoms with van der Waals surface area (Å²) in [6.45, 7) is 2.07. The van der Waals surface area contributed by atoms with E-state index in [1.54, 1.807) is 0 Å². The molecule has 0 bridgehead atoms. The fraction of sp³-hybridized carbons (Fsp3) is 0.235. The molecule has 1 atom stereocenters. The van der Waals surface area contributed by atoms with E-state index in [-0.39, 0.29) is 17.8 Å². The molecule has 0 aliphatic heterocycles. The molecule has 2 nitrogen and oxygen atoms in total. The number of carbonyl (C=O) groups excluding carboxylic acids is 1. The van der Waals surface area contributed by atoms with Crippen molar-refractivity contribution >= 4 is 5.91 Å². The van der Waals surface area contributed by atoms with Crippen LogP contribution < -0.4 is 5.32 Å². The Hall–Kier alpha value is -2.16. The van der Waals surface area contributed by atoms with Crippen LogP contribution in [0.2, 0.25) is 0 Å². The van der Waals surface area contributed by atoms with Crippen molar-refractivity contribution in [1.82, 2.24) is 5.32 Å². The predicted octanol–water partition coefficient (Wildman–Crippen LogP) is 3.03. The molecule has 0 heterocycles. The quantitative estimate of drug-likeness (QED) is 0.892. The molecule has 2 aromatic carbocycles. The van der Waals surface area contributed by atoms with Gasteiger partial charge >= 0.3 is 0 Å². The molecule has 0 fully saturated rings. The lowest BCUT2D eigenvalue weighted by Gasteiger charge is -2.11. The Bertz CT molecular complexity index is 649. The van der Waals surface area contributed by atoms with Crippen LogP contribution in [-0.4, -0.2) is 11.9 Å². The Labute approximate surface area is 117 Å². The highest BCUT2D eigenvalue weighted by atomic mass is 19.1. The summed E-state index contributed by atoms with van der Waals surface area (Å²) in [5.41, 5.74) is 4.36. The van der Waals surface area contributed by atoms with Gasteiger partial charge in [-0.15, -0.1) is 0 Å². The Morgan fingerprint density at radius 1 is 1.10 bits per heavy atom. The van der Waals surface area contributed by atoms with Crippen molar-refractivity contribution in [3.8, 4) is 0 Å². The summed E-state index contributed by atoms with van der Waals surface area (Å²) in [7, 11) is 0. The third-order valence-electron chi connectivity index (χ3n) is 3.74. The zero-order valence-corrected chi connectivity index (χ0v) is 11.3.